The summed E-state index contributed by atoms with van der Waals surface area (Å²) < 4.78 is 18.6. The van der Waals surface area contributed by atoms with Gasteiger partial charge in [-0.1, -0.05) is 24.3 Å². The zero-order valence-corrected chi connectivity index (χ0v) is 21.8. The fourth-order valence-corrected chi connectivity index (χ4v) is 4.36. The monoisotopic (exact) mass is 526 g/mol. The molecular formula is C27H31FN4O6. The van der Waals surface area contributed by atoms with E-state index in [1.807, 2.05) is 0 Å². The molecule has 0 aliphatic carbocycles. The third kappa shape index (κ3) is 6.99. The van der Waals surface area contributed by atoms with E-state index in [9.17, 15) is 28.9 Å². The average Bonchev–Trinajstić information content (AvgIpc) is 2.85. The van der Waals surface area contributed by atoms with E-state index in [-0.39, 0.29) is 36.1 Å². The van der Waals surface area contributed by atoms with E-state index >= 15 is 0 Å². The summed E-state index contributed by atoms with van der Waals surface area (Å²) in [6.45, 7) is 5.42. The van der Waals surface area contributed by atoms with Crippen LogP contribution in [0.5, 0.6) is 0 Å². The SMILES string of the molecule is CC1=NC(=O)N(CCCN(C)C(=O)Cc2ccc(F)cc2)C(c2cccc([N+](=O)[O-])c2)C1C(=O)OC(C)C. The lowest BCUT2D eigenvalue weighted by Gasteiger charge is -2.39. The van der Waals surface area contributed by atoms with Crippen LogP contribution < -0.4 is 0 Å². The Morgan fingerprint density at radius 3 is 2.53 bits per heavy atom. The molecule has 1 aliphatic heterocycles. The summed E-state index contributed by atoms with van der Waals surface area (Å²) >= 11 is 0. The molecular weight excluding hydrogens is 495 g/mol. The van der Waals surface area contributed by atoms with Gasteiger partial charge in [-0.2, -0.15) is 0 Å². The van der Waals surface area contributed by atoms with Crippen molar-refractivity contribution in [3.05, 3.63) is 75.6 Å². The lowest BCUT2D eigenvalue weighted by Crippen LogP contribution is -2.48. The van der Waals surface area contributed by atoms with E-state index in [4.69, 9.17) is 4.74 Å². The molecule has 0 fully saturated rings. The first kappa shape index (κ1) is 28.4. The number of urea groups is 1. The Labute approximate surface area is 220 Å². The van der Waals surface area contributed by atoms with Crippen LogP contribution in [-0.2, 0) is 20.7 Å². The number of rotatable bonds is 10. The molecule has 0 saturated carbocycles. The smallest absolute Gasteiger partial charge is 0.344 e. The van der Waals surface area contributed by atoms with E-state index in [1.54, 1.807) is 46.0 Å². The fraction of sp³-hybridized carbons (Fsp3) is 0.407. The van der Waals surface area contributed by atoms with Gasteiger partial charge in [-0.3, -0.25) is 19.7 Å². The van der Waals surface area contributed by atoms with Crippen molar-refractivity contribution in [2.24, 2.45) is 10.9 Å². The first-order chi connectivity index (χ1) is 18.0. The summed E-state index contributed by atoms with van der Waals surface area (Å²) in [5.41, 5.74) is 1.18. The van der Waals surface area contributed by atoms with Crippen LogP contribution in [0.3, 0.4) is 0 Å². The minimum absolute atomic E-state index is 0.0995. The molecule has 2 atom stereocenters. The molecule has 10 nitrogen and oxygen atoms in total. The second-order valence-corrected chi connectivity index (χ2v) is 9.46. The second-order valence-electron chi connectivity index (χ2n) is 9.46. The van der Waals surface area contributed by atoms with Crippen molar-refractivity contribution in [3.8, 4) is 0 Å². The average molecular weight is 527 g/mol. The van der Waals surface area contributed by atoms with Gasteiger partial charge in [0.05, 0.1) is 23.5 Å². The zero-order valence-electron chi connectivity index (χ0n) is 21.8. The van der Waals surface area contributed by atoms with Crippen LogP contribution in [0.1, 0.15) is 44.4 Å². The number of carbonyl (C=O) groups excluding carboxylic acids is 3. The fourth-order valence-electron chi connectivity index (χ4n) is 4.36. The summed E-state index contributed by atoms with van der Waals surface area (Å²) in [6.07, 6.45) is 0.0546. The number of aliphatic imine (C=N–C) groups is 1. The highest BCUT2D eigenvalue weighted by Crippen LogP contribution is 2.36. The predicted octanol–water partition coefficient (Wildman–Crippen LogP) is 4.33. The Bertz CT molecular complexity index is 1230. The van der Waals surface area contributed by atoms with Crippen molar-refractivity contribution in [1.82, 2.24) is 9.80 Å². The molecule has 0 spiro atoms. The zero-order chi connectivity index (χ0) is 28.0. The number of esters is 1. The van der Waals surface area contributed by atoms with Gasteiger partial charge in [-0.25, -0.2) is 14.2 Å². The Kier molecular flexibility index (Phi) is 9.27. The molecule has 2 aromatic rings. The Hall–Kier alpha value is -4.15. The molecule has 38 heavy (non-hydrogen) atoms. The minimum Gasteiger partial charge on any atom is -0.462 e. The Balaban J connectivity index is 1.81. The second kappa shape index (κ2) is 12.4. The molecule has 0 bridgehead atoms. The maximum atomic E-state index is 13.1. The van der Waals surface area contributed by atoms with Crippen molar-refractivity contribution >= 4 is 29.3 Å². The van der Waals surface area contributed by atoms with Gasteiger partial charge in [0.1, 0.15) is 11.7 Å². The lowest BCUT2D eigenvalue weighted by molar-refractivity contribution is -0.385. The maximum absolute atomic E-state index is 13.1. The van der Waals surface area contributed by atoms with Crippen LogP contribution in [0.25, 0.3) is 0 Å². The molecule has 11 heteroatoms. The minimum atomic E-state index is -0.949. The van der Waals surface area contributed by atoms with Gasteiger partial charge in [0, 0.05) is 38.0 Å². The van der Waals surface area contributed by atoms with E-state index < -0.39 is 35.0 Å². The third-order valence-electron chi connectivity index (χ3n) is 6.23. The van der Waals surface area contributed by atoms with Gasteiger partial charge in [-0.15, -0.1) is 0 Å². The number of halogens is 1. The largest absolute Gasteiger partial charge is 0.462 e. The first-order valence-electron chi connectivity index (χ1n) is 12.3. The molecule has 0 N–H and O–H groups in total. The van der Waals surface area contributed by atoms with Crippen LogP contribution in [0.2, 0.25) is 0 Å². The highest BCUT2D eigenvalue weighted by Gasteiger charge is 2.43. The molecule has 0 aromatic heterocycles. The van der Waals surface area contributed by atoms with Gasteiger partial charge < -0.3 is 14.5 Å². The van der Waals surface area contributed by atoms with Crippen molar-refractivity contribution in [2.75, 3.05) is 20.1 Å². The summed E-state index contributed by atoms with van der Waals surface area (Å²) in [4.78, 5) is 56.6. The molecule has 1 aliphatic rings. The normalized spacial score (nSPS) is 17.3. The quantitative estimate of drug-likeness (QED) is 0.258. The van der Waals surface area contributed by atoms with E-state index in [0.29, 0.717) is 24.1 Å². The van der Waals surface area contributed by atoms with Gasteiger partial charge >= 0.3 is 12.0 Å². The highest BCUT2D eigenvalue weighted by molar-refractivity contribution is 6.08. The molecule has 0 saturated heterocycles. The lowest BCUT2D eigenvalue weighted by atomic mass is 9.86. The van der Waals surface area contributed by atoms with Crippen LogP contribution in [0, 0.1) is 21.8 Å². The third-order valence-corrected chi connectivity index (χ3v) is 6.23. The topological polar surface area (TPSA) is 122 Å². The number of non-ortho nitro benzene ring substituents is 1. The standard InChI is InChI=1S/C27H31FN4O6/c1-17(2)38-26(34)24-18(3)29-27(35)31(25(24)20-7-5-8-22(16-20)32(36)37)14-6-13-30(4)23(33)15-19-9-11-21(28)12-10-19/h5,7-12,16-17,24-25H,6,13-15H2,1-4H3. The van der Waals surface area contributed by atoms with E-state index in [0.717, 1.165) is 0 Å². The summed E-state index contributed by atoms with van der Waals surface area (Å²) in [5, 5.41) is 11.4. The number of amides is 3. The molecule has 202 valence electrons. The summed E-state index contributed by atoms with van der Waals surface area (Å²) in [7, 11) is 1.63. The van der Waals surface area contributed by atoms with Crippen molar-refractivity contribution < 1.29 is 28.4 Å². The molecule has 2 aromatic carbocycles. The summed E-state index contributed by atoms with van der Waals surface area (Å²) in [5.74, 6) is -2.09. The number of nitro groups is 1. The number of hydrogen-bond acceptors (Lipinski definition) is 6. The number of likely N-dealkylation sites (N-methyl/N-ethyl adjacent to an activating group) is 1. The number of hydrogen-bond donors (Lipinski definition) is 0. The number of ether oxygens (including phenoxy) is 1. The maximum Gasteiger partial charge on any atom is 0.344 e. The van der Waals surface area contributed by atoms with Gasteiger partial charge in [0.25, 0.3) is 5.69 Å². The first-order valence-corrected chi connectivity index (χ1v) is 12.3. The van der Waals surface area contributed by atoms with E-state index in [1.165, 1.54) is 40.1 Å². The Morgan fingerprint density at radius 2 is 1.89 bits per heavy atom. The van der Waals surface area contributed by atoms with Crippen molar-refractivity contribution in [1.29, 1.82) is 0 Å². The molecule has 0 radical (unpaired) electrons. The molecule has 3 rings (SSSR count). The molecule has 3 amide bonds. The number of benzene rings is 2. The van der Waals surface area contributed by atoms with Crippen LogP contribution >= 0.6 is 0 Å². The Morgan fingerprint density at radius 1 is 1.21 bits per heavy atom. The molecule has 1 heterocycles. The number of nitrogens with zero attached hydrogens (tertiary/aromatic N) is 4. The number of carbonyl (C=O) groups is 3. The van der Waals surface area contributed by atoms with Gasteiger partial charge in [0.2, 0.25) is 5.91 Å². The van der Waals surface area contributed by atoms with Crippen molar-refractivity contribution in [3.63, 3.8) is 0 Å². The highest BCUT2D eigenvalue weighted by atomic mass is 19.1. The predicted molar refractivity (Wildman–Crippen MR) is 138 cm³/mol. The van der Waals surface area contributed by atoms with Crippen molar-refractivity contribution in [2.45, 2.75) is 45.8 Å². The number of nitro benzene ring substituents is 1. The van der Waals surface area contributed by atoms with Gasteiger partial charge in [0.15, 0.2) is 0 Å². The van der Waals surface area contributed by atoms with Crippen LogP contribution in [0.4, 0.5) is 14.9 Å². The van der Waals surface area contributed by atoms with Crippen LogP contribution in [0.15, 0.2) is 53.5 Å². The molecule has 2 unspecified atom stereocenters. The van der Waals surface area contributed by atoms with Gasteiger partial charge in [-0.05, 0) is 50.5 Å². The van der Waals surface area contributed by atoms with Crippen LogP contribution in [-0.4, -0.2) is 64.6 Å². The summed E-state index contributed by atoms with van der Waals surface area (Å²) in [6, 6.07) is 10.1. The van der Waals surface area contributed by atoms with E-state index in [2.05, 4.69) is 4.99 Å².